The Morgan fingerprint density at radius 1 is 1.40 bits per heavy atom. The van der Waals surface area contributed by atoms with Gasteiger partial charge in [0.15, 0.2) is 5.78 Å². The summed E-state index contributed by atoms with van der Waals surface area (Å²) in [6.45, 7) is 1.05. The Hall–Kier alpha value is -2.01. The van der Waals surface area contributed by atoms with Crippen LogP contribution in [-0.4, -0.2) is 34.6 Å². The first-order valence-electron chi connectivity index (χ1n) is 6.72. The van der Waals surface area contributed by atoms with Gasteiger partial charge in [-0.2, -0.15) is 5.10 Å². The highest BCUT2D eigenvalue weighted by Gasteiger charge is 2.27. The van der Waals surface area contributed by atoms with Gasteiger partial charge in [0, 0.05) is 25.0 Å². The number of carbonyl (C=O) groups is 2. The van der Waals surface area contributed by atoms with Crippen molar-refractivity contribution in [1.82, 2.24) is 9.78 Å². The molecule has 0 radical (unpaired) electrons. The lowest BCUT2D eigenvalue weighted by Gasteiger charge is -2.04. The van der Waals surface area contributed by atoms with E-state index in [4.69, 9.17) is 4.74 Å². The number of Topliss-reactive ketones (excluding diaryl/α,β-unsaturated/α-hetero) is 2. The maximum atomic E-state index is 12.3. The van der Waals surface area contributed by atoms with E-state index in [1.54, 1.807) is 11.7 Å². The van der Waals surface area contributed by atoms with Crippen molar-refractivity contribution in [3.05, 3.63) is 30.0 Å². The zero-order valence-corrected chi connectivity index (χ0v) is 11.3. The summed E-state index contributed by atoms with van der Waals surface area (Å²) in [6.07, 6.45) is 0.629. The molecule has 1 atom stereocenters. The van der Waals surface area contributed by atoms with Gasteiger partial charge in [-0.1, -0.05) is 18.2 Å². The highest BCUT2D eigenvalue weighted by Crippen LogP contribution is 2.21. The Morgan fingerprint density at radius 3 is 2.95 bits per heavy atom. The number of hydrogen-bond donors (Lipinski definition) is 0. The van der Waals surface area contributed by atoms with Crippen LogP contribution in [0.5, 0.6) is 0 Å². The van der Waals surface area contributed by atoms with Crippen LogP contribution in [0.2, 0.25) is 0 Å². The lowest BCUT2D eigenvalue weighted by Crippen LogP contribution is -2.18. The fourth-order valence-electron chi connectivity index (χ4n) is 2.59. The van der Waals surface area contributed by atoms with Gasteiger partial charge in [-0.3, -0.25) is 14.3 Å². The highest BCUT2D eigenvalue weighted by atomic mass is 16.5. The molecule has 0 amide bonds. The summed E-state index contributed by atoms with van der Waals surface area (Å²) in [5.41, 5.74) is 1.28. The number of fused-ring (bicyclic) bond motifs is 1. The van der Waals surface area contributed by atoms with Gasteiger partial charge in [0.2, 0.25) is 0 Å². The third-order valence-electron chi connectivity index (χ3n) is 3.74. The van der Waals surface area contributed by atoms with E-state index in [0.717, 1.165) is 17.3 Å². The molecule has 20 heavy (non-hydrogen) atoms. The molecule has 0 spiro atoms. The molecular formula is C15H16N2O3. The van der Waals surface area contributed by atoms with E-state index in [1.807, 2.05) is 24.3 Å². The van der Waals surface area contributed by atoms with E-state index in [-0.39, 0.29) is 23.9 Å². The molecule has 1 aliphatic rings. The van der Waals surface area contributed by atoms with Crippen LogP contribution in [0.15, 0.2) is 24.3 Å². The standard InChI is InChI=1S/C15H16N2O3/c1-17-12-5-3-2-4-11(12)15(16-17)14(19)8-13(18)10-6-7-20-9-10/h2-5,10H,6-9H2,1H3. The van der Waals surface area contributed by atoms with Crippen LogP contribution in [-0.2, 0) is 16.6 Å². The molecule has 2 aromatic rings. The predicted molar refractivity (Wildman–Crippen MR) is 73.6 cm³/mol. The Kier molecular flexibility index (Phi) is 3.36. The maximum absolute atomic E-state index is 12.3. The minimum atomic E-state index is -0.210. The van der Waals surface area contributed by atoms with Crippen LogP contribution in [0.4, 0.5) is 0 Å². The van der Waals surface area contributed by atoms with Gasteiger partial charge in [-0.05, 0) is 12.5 Å². The fraction of sp³-hybridized carbons (Fsp3) is 0.400. The molecule has 0 aliphatic carbocycles. The first-order valence-corrected chi connectivity index (χ1v) is 6.72. The number of ketones is 2. The second-order valence-electron chi connectivity index (χ2n) is 5.12. The average molecular weight is 272 g/mol. The Morgan fingerprint density at radius 2 is 2.20 bits per heavy atom. The summed E-state index contributed by atoms with van der Waals surface area (Å²) in [7, 11) is 1.80. The SMILES string of the molecule is Cn1nc(C(=O)CC(=O)C2CCOC2)c2ccccc21. The van der Waals surface area contributed by atoms with Crippen LogP contribution in [0.3, 0.4) is 0 Å². The van der Waals surface area contributed by atoms with Gasteiger partial charge >= 0.3 is 0 Å². The first kappa shape index (κ1) is 13.0. The number of carbonyl (C=O) groups excluding carboxylic acids is 2. The molecule has 1 aromatic heterocycles. The second-order valence-corrected chi connectivity index (χ2v) is 5.12. The van der Waals surface area contributed by atoms with E-state index < -0.39 is 0 Å². The summed E-state index contributed by atoms with van der Waals surface area (Å²) in [6, 6.07) is 7.54. The molecule has 1 aromatic carbocycles. The molecule has 0 bridgehead atoms. The monoisotopic (exact) mass is 272 g/mol. The average Bonchev–Trinajstić information content (AvgIpc) is 3.07. The van der Waals surface area contributed by atoms with Gasteiger partial charge < -0.3 is 4.74 Å². The molecule has 3 rings (SSSR count). The lowest BCUT2D eigenvalue weighted by molar-refractivity contribution is -0.121. The molecule has 1 aliphatic heterocycles. The van der Waals surface area contributed by atoms with Crippen molar-refractivity contribution in [2.45, 2.75) is 12.8 Å². The van der Waals surface area contributed by atoms with Crippen LogP contribution < -0.4 is 0 Å². The number of hydrogen-bond acceptors (Lipinski definition) is 4. The number of benzene rings is 1. The first-order chi connectivity index (χ1) is 9.66. The lowest BCUT2D eigenvalue weighted by atomic mass is 9.97. The van der Waals surface area contributed by atoms with Crippen LogP contribution in [0.1, 0.15) is 23.3 Å². The normalized spacial score (nSPS) is 18.6. The molecule has 5 heteroatoms. The van der Waals surface area contributed by atoms with Crippen LogP contribution in [0.25, 0.3) is 10.9 Å². The molecule has 5 nitrogen and oxygen atoms in total. The van der Waals surface area contributed by atoms with E-state index in [2.05, 4.69) is 5.10 Å². The topological polar surface area (TPSA) is 61.2 Å². The minimum Gasteiger partial charge on any atom is -0.381 e. The molecule has 104 valence electrons. The highest BCUT2D eigenvalue weighted by molar-refractivity contribution is 6.13. The van der Waals surface area contributed by atoms with Crippen LogP contribution >= 0.6 is 0 Å². The summed E-state index contributed by atoms with van der Waals surface area (Å²) in [5, 5.41) is 5.05. The Labute approximate surface area is 116 Å². The van der Waals surface area contributed by atoms with Gasteiger partial charge in [0.25, 0.3) is 0 Å². The Balaban J connectivity index is 1.84. The molecule has 1 fully saturated rings. The van der Waals surface area contributed by atoms with E-state index in [9.17, 15) is 9.59 Å². The summed E-state index contributed by atoms with van der Waals surface area (Å²) < 4.78 is 6.86. The number of nitrogens with zero attached hydrogens (tertiary/aromatic N) is 2. The second kappa shape index (κ2) is 5.17. The number of aryl methyl sites for hydroxylation is 1. The molecule has 1 unspecified atom stereocenters. The summed E-state index contributed by atoms with van der Waals surface area (Å²) in [5.74, 6) is -0.380. The quantitative estimate of drug-likeness (QED) is 0.628. The number of rotatable bonds is 4. The van der Waals surface area contributed by atoms with E-state index in [0.29, 0.717) is 18.9 Å². The molecular weight excluding hydrogens is 256 g/mol. The Bertz CT molecular complexity index is 669. The summed E-state index contributed by atoms with van der Waals surface area (Å²) in [4.78, 5) is 24.3. The van der Waals surface area contributed by atoms with Crippen molar-refractivity contribution < 1.29 is 14.3 Å². The zero-order chi connectivity index (χ0) is 14.1. The summed E-state index contributed by atoms with van der Waals surface area (Å²) >= 11 is 0. The minimum absolute atomic E-state index is 0.0396. The van der Waals surface area contributed by atoms with Gasteiger partial charge in [-0.25, -0.2) is 0 Å². The van der Waals surface area contributed by atoms with Crippen molar-refractivity contribution in [2.75, 3.05) is 13.2 Å². The van der Waals surface area contributed by atoms with Crippen LogP contribution in [0, 0.1) is 5.92 Å². The van der Waals surface area contributed by atoms with Gasteiger partial charge in [-0.15, -0.1) is 0 Å². The molecule has 2 heterocycles. The van der Waals surface area contributed by atoms with Crippen molar-refractivity contribution >= 4 is 22.5 Å². The number of ether oxygens (including phenoxy) is 1. The maximum Gasteiger partial charge on any atom is 0.191 e. The number of aromatic nitrogens is 2. The van der Waals surface area contributed by atoms with Crippen molar-refractivity contribution in [1.29, 1.82) is 0 Å². The van der Waals surface area contributed by atoms with E-state index >= 15 is 0 Å². The molecule has 1 saturated heterocycles. The van der Waals surface area contributed by atoms with Gasteiger partial charge in [0.05, 0.1) is 18.5 Å². The van der Waals surface area contributed by atoms with Crippen molar-refractivity contribution in [3.63, 3.8) is 0 Å². The van der Waals surface area contributed by atoms with Crippen molar-refractivity contribution in [2.24, 2.45) is 13.0 Å². The smallest absolute Gasteiger partial charge is 0.191 e. The number of para-hydroxylation sites is 1. The van der Waals surface area contributed by atoms with Crippen molar-refractivity contribution in [3.8, 4) is 0 Å². The molecule has 0 N–H and O–H groups in total. The van der Waals surface area contributed by atoms with Gasteiger partial charge in [0.1, 0.15) is 11.5 Å². The zero-order valence-electron chi connectivity index (χ0n) is 11.3. The van der Waals surface area contributed by atoms with E-state index in [1.165, 1.54) is 0 Å². The molecule has 0 saturated carbocycles. The fourth-order valence-corrected chi connectivity index (χ4v) is 2.59. The third-order valence-corrected chi connectivity index (χ3v) is 3.74. The predicted octanol–water partition coefficient (Wildman–Crippen LogP) is 1.75. The largest absolute Gasteiger partial charge is 0.381 e. The third kappa shape index (κ3) is 2.25.